The fraction of sp³-hybridized carbons (Fsp3) is 0.417. The van der Waals surface area contributed by atoms with E-state index in [9.17, 15) is 0 Å². The van der Waals surface area contributed by atoms with Gasteiger partial charge in [0, 0.05) is 5.02 Å². The van der Waals surface area contributed by atoms with E-state index in [0.29, 0.717) is 0 Å². The minimum absolute atomic E-state index is 0.844. The zero-order valence-corrected chi connectivity index (χ0v) is 9.06. The van der Waals surface area contributed by atoms with Crippen LogP contribution in [0.4, 0.5) is 0 Å². The molecule has 0 amide bonds. The predicted molar refractivity (Wildman–Crippen MR) is 59.1 cm³/mol. The van der Waals surface area contributed by atoms with E-state index in [4.69, 9.17) is 11.6 Å². The second-order valence-corrected chi connectivity index (χ2v) is 3.64. The molecular formula is C12H16Cl. The maximum atomic E-state index is 5.94. The Hall–Kier alpha value is -0.490. The van der Waals surface area contributed by atoms with Gasteiger partial charge in [-0.25, -0.2) is 0 Å². The number of halogens is 1. The molecule has 0 N–H and O–H groups in total. The molecule has 1 heteroatoms. The standard InChI is InChI=1S/C12H16Cl/c1-3-5-10-7-8-12(13)9-11(10)6-4-2/h5,7-9H,3-4,6H2,1-2H3. The number of rotatable bonds is 4. The maximum Gasteiger partial charge on any atom is 0.0408 e. The fourth-order valence-electron chi connectivity index (χ4n) is 1.48. The first-order chi connectivity index (χ1) is 6.27. The highest BCUT2D eigenvalue weighted by Gasteiger charge is 2.01. The molecule has 0 aliphatic rings. The SMILES string of the molecule is CC[CH]c1ccc(Cl)cc1CCC. The van der Waals surface area contributed by atoms with Gasteiger partial charge >= 0.3 is 0 Å². The summed E-state index contributed by atoms with van der Waals surface area (Å²) in [5, 5.41) is 0.844. The second kappa shape index (κ2) is 5.29. The van der Waals surface area contributed by atoms with E-state index in [2.05, 4.69) is 32.4 Å². The lowest BCUT2D eigenvalue weighted by atomic mass is 10.00. The van der Waals surface area contributed by atoms with Crippen LogP contribution < -0.4 is 0 Å². The molecule has 0 atom stereocenters. The number of aryl methyl sites for hydroxylation is 1. The molecule has 0 spiro atoms. The average Bonchev–Trinajstić information content (AvgIpc) is 2.10. The number of benzene rings is 1. The molecule has 1 aromatic rings. The lowest BCUT2D eigenvalue weighted by Gasteiger charge is -2.07. The topological polar surface area (TPSA) is 0 Å². The van der Waals surface area contributed by atoms with Gasteiger partial charge in [-0.3, -0.25) is 0 Å². The summed E-state index contributed by atoms with van der Waals surface area (Å²) in [4.78, 5) is 0. The normalized spacial score (nSPS) is 10.4. The van der Waals surface area contributed by atoms with Crippen LogP contribution in [0.25, 0.3) is 0 Å². The molecule has 1 aromatic carbocycles. The van der Waals surface area contributed by atoms with Gasteiger partial charge in [0.2, 0.25) is 0 Å². The van der Waals surface area contributed by atoms with Gasteiger partial charge in [-0.2, -0.15) is 0 Å². The Morgan fingerprint density at radius 2 is 2.08 bits per heavy atom. The van der Waals surface area contributed by atoms with Crippen molar-refractivity contribution in [2.24, 2.45) is 0 Å². The quantitative estimate of drug-likeness (QED) is 0.674. The van der Waals surface area contributed by atoms with Crippen molar-refractivity contribution < 1.29 is 0 Å². The molecule has 71 valence electrons. The third kappa shape index (κ3) is 3.04. The second-order valence-electron chi connectivity index (χ2n) is 3.21. The smallest absolute Gasteiger partial charge is 0.0408 e. The molecule has 13 heavy (non-hydrogen) atoms. The lowest BCUT2D eigenvalue weighted by Crippen LogP contribution is -1.91. The van der Waals surface area contributed by atoms with Crippen LogP contribution in [0.1, 0.15) is 37.8 Å². The monoisotopic (exact) mass is 195 g/mol. The van der Waals surface area contributed by atoms with Crippen molar-refractivity contribution in [1.82, 2.24) is 0 Å². The van der Waals surface area contributed by atoms with Crippen LogP contribution in [0, 0.1) is 6.42 Å². The van der Waals surface area contributed by atoms with Crippen molar-refractivity contribution in [3.8, 4) is 0 Å². The van der Waals surface area contributed by atoms with E-state index in [-0.39, 0.29) is 0 Å². The highest BCUT2D eigenvalue weighted by molar-refractivity contribution is 6.30. The van der Waals surface area contributed by atoms with Crippen LogP contribution in [-0.2, 0) is 6.42 Å². The molecule has 0 saturated carbocycles. The maximum absolute atomic E-state index is 5.94. The Morgan fingerprint density at radius 3 is 2.69 bits per heavy atom. The van der Waals surface area contributed by atoms with Gasteiger partial charge in [-0.05, 0) is 42.5 Å². The van der Waals surface area contributed by atoms with Crippen molar-refractivity contribution in [2.75, 3.05) is 0 Å². The van der Waals surface area contributed by atoms with Gasteiger partial charge in [0.05, 0.1) is 0 Å². The van der Waals surface area contributed by atoms with E-state index in [1.54, 1.807) is 0 Å². The molecule has 0 heterocycles. The van der Waals surface area contributed by atoms with Crippen molar-refractivity contribution in [3.05, 3.63) is 40.8 Å². The molecule has 0 bridgehead atoms. The summed E-state index contributed by atoms with van der Waals surface area (Å²) < 4.78 is 0. The zero-order chi connectivity index (χ0) is 9.68. The Labute approximate surface area is 85.9 Å². The van der Waals surface area contributed by atoms with Gasteiger partial charge in [-0.15, -0.1) is 0 Å². The summed E-state index contributed by atoms with van der Waals surface area (Å²) in [5.74, 6) is 0. The molecule has 1 radical (unpaired) electrons. The Balaban J connectivity index is 2.89. The van der Waals surface area contributed by atoms with Crippen LogP contribution in [0.5, 0.6) is 0 Å². The molecule has 0 aliphatic carbocycles. The minimum Gasteiger partial charge on any atom is -0.0843 e. The third-order valence-electron chi connectivity index (χ3n) is 2.05. The zero-order valence-electron chi connectivity index (χ0n) is 8.31. The van der Waals surface area contributed by atoms with Crippen LogP contribution in [0.15, 0.2) is 18.2 Å². The summed E-state index contributed by atoms with van der Waals surface area (Å²) in [6.07, 6.45) is 5.62. The summed E-state index contributed by atoms with van der Waals surface area (Å²) in [5.41, 5.74) is 2.71. The first-order valence-corrected chi connectivity index (χ1v) is 5.27. The highest BCUT2D eigenvalue weighted by atomic mass is 35.5. The number of hydrogen-bond acceptors (Lipinski definition) is 0. The van der Waals surface area contributed by atoms with Crippen molar-refractivity contribution in [1.29, 1.82) is 0 Å². The average molecular weight is 196 g/mol. The van der Waals surface area contributed by atoms with E-state index in [1.807, 2.05) is 6.07 Å². The molecule has 0 fully saturated rings. The largest absolute Gasteiger partial charge is 0.0843 e. The first kappa shape index (κ1) is 10.6. The van der Waals surface area contributed by atoms with Gasteiger partial charge in [0.25, 0.3) is 0 Å². The van der Waals surface area contributed by atoms with Gasteiger partial charge in [-0.1, -0.05) is 37.9 Å². The fourth-order valence-corrected chi connectivity index (χ4v) is 1.67. The summed E-state index contributed by atoms with van der Waals surface area (Å²) in [7, 11) is 0. The van der Waals surface area contributed by atoms with Crippen LogP contribution in [0.2, 0.25) is 5.02 Å². The van der Waals surface area contributed by atoms with Crippen molar-refractivity contribution in [3.63, 3.8) is 0 Å². The summed E-state index contributed by atoms with van der Waals surface area (Å²) >= 11 is 5.94. The predicted octanol–water partition coefficient (Wildman–Crippen LogP) is 4.25. The molecule has 1 rings (SSSR count). The molecule has 0 unspecified atom stereocenters. The summed E-state index contributed by atoms with van der Waals surface area (Å²) in [6, 6.07) is 6.14. The number of hydrogen-bond donors (Lipinski definition) is 0. The molecule has 0 nitrogen and oxygen atoms in total. The van der Waals surface area contributed by atoms with Gasteiger partial charge in [0.15, 0.2) is 0 Å². The highest BCUT2D eigenvalue weighted by Crippen LogP contribution is 2.19. The third-order valence-corrected chi connectivity index (χ3v) is 2.28. The van der Waals surface area contributed by atoms with Crippen molar-refractivity contribution in [2.45, 2.75) is 33.1 Å². The Bertz CT molecular complexity index is 266. The first-order valence-electron chi connectivity index (χ1n) is 4.89. The van der Waals surface area contributed by atoms with E-state index in [1.165, 1.54) is 17.5 Å². The Kier molecular flexibility index (Phi) is 4.31. The Morgan fingerprint density at radius 1 is 1.31 bits per heavy atom. The van der Waals surface area contributed by atoms with Crippen molar-refractivity contribution >= 4 is 11.6 Å². The molecule has 0 aromatic heterocycles. The molecule has 0 saturated heterocycles. The van der Waals surface area contributed by atoms with Gasteiger partial charge < -0.3 is 0 Å². The van der Waals surface area contributed by atoms with E-state index < -0.39 is 0 Å². The van der Waals surface area contributed by atoms with E-state index in [0.717, 1.165) is 17.9 Å². The molecule has 0 aliphatic heterocycles. The minimum atomic E-state index is 0.844. The van der Waals surface area contributed by atoms with Crippen LogP contribution in [0.3, 0.4) is 0 Å². The lowest BCUT2D eigenvalue weighted by molar-refractivity contribution is 0.909. The van der Waals surface area contributed by atoms with E-state index >= 15 is 0 Å². The van der Waals surface area contributed by atoms with Crippen LogP contribution in [-0.4, -0.2) is 0 Å². The van der Waals surface area contributed by atoms with Gasteiger partial charge in [0.1, 0.15) is 0 Å². The molecular weight excluding hydrogens is 180 g/mol. The van der Waals surface area contributed by atoms with Crippen LogP contribution >= 0.6 is 11.6 Å². The summed E-state index contributed by atoms with van der Waals surface area (Å²) in [6.45, 7) is 4.35.